The summed E-state index contributed by atoms with van der Waals surface area (Å²) in [6.45, 7) is 2.18. The maximum absolute atomic E-state index is 10.3. The Bertz CT molecular complexity index is 421. The molecule has 0 amide bonds. The molecule has 136 valence electrons. The second kappa shape index (κ2) is 16.2. The predicted octanol–water partition coefficient (Wildman–Crippen LogP) is 4.16. The summed E-state index contributed by atoms with van der Waals surface area (Å²) in [6.07, 6.45) is 19.8. The van der Waals surface area contributed by atoms with Gasteiger partial charge in [0.05, 0.1) is 12.2 Å². The number of aliphatic carboxylic acids is 1. The lowest BCUT2D eigenvalue weighted by molar-refractivity contribution is -0.137. The van der Waals surface area contributed by atoms with E-state index in [1.54, 1.807) is 36.5 Å². The number of rotatable bonds is 14. The summed E-state index contributed by atoms with van der Waals surface area (Å²) >= 11 is 0. The Hall–Kier alpha value is -1.65. The van der Waals surface area contributed by atoms with Crippen molar-refractivity contribution in [1.29, 1.82) is 0 Å². The van der Waals surface area contributed by atoms with Crippen molar-refractivity contribution in [3.8, 4) is 0 Å². The van der Waals surface area contributed by atoms with Crippen molar-refractivity contribution in [1.82, 2.24) is 0 Å². The largest absolute Gasteiger partial charge is 0.481 e. The normalized spacial score (nSPS) is 15.1. The number of hydrogen-bond acceptors (Lipinski definition) is 3. The van der Waals surface area contributed by atoms with Gasteiger partial charge in [-0.3, -0.25) is 4.79 Å². The molecular weight excluding hydrogens is 304 g/mol. The zero-order valence-corrected chi connectivity index (χ0v) is 14.7. The molecule has 0 aromatic carbocycles. The van der Waals surface area contributed by atoms with E-state index in [-0.39, 0.29) is 6.42 Å². The van der Waals surface area contributed by atoms with Crippen molar-refractivity contribution in [3.05, 3.63) is 48.6 Å². The second-order valence-electron chi connectivity index (χ2n) is 5.78. The van der Waals surface area contributed by atoms with Crippen LogP contribution in [0.3, 0.4) is 0 Å². The molecule has 3 N–H and O–H groups in total. The fourth-order valence-electron chi connectivity index (χ4n) is 2.02. The van der Waals surface area contributed by atoms with Crippen LogP contribution >= 0.6 is 0 Å². The van der Waals surface area contributed by atoms with Gasteiger partial charge in [-0.15, -0.1) is 0 Å². The average molecular weight is 336 g/mol. The minimum Gasteiger partial charge on any atom is -0.481 e. The van der Waals surface area contributed by atoms with E-state index in [2.05, 4.69) is 13.0 Å². The molecule has 2 atom stereocenters. The summed E-state index contributed by atoms with van der Waals surface area (Å²) in [4.78, 5) is 10.3. The van der Waals surface area contributed by atoms with Crippen LogP contribution in [0.2, 0.25) is 0 Å². The topological polar surface area (TPSA) is 77.8 Å². The Morgan fingerprint density at radius 2 is 1.58 bits per heavy atom. The van der Waals surface area contributed by atoms with E-state index in [1.807, 2.05) is 6.08 Å². The highest BCUT2D eigenvalue weighted by Gasteiger charge is 2.01. The van der Waals surface area contributed by atoms with Gasteiger partial charge in [0.2, 0.25) is 0 Å². The van der Waals surface area contributed by atoms with E-state index in [0.29, 0.717) is 19.3 Å². The third-order valence-corrected chi connectivity index (χ3v) is 3.41. The van der Waals surface area contributed by atoms with Crippen LogP contribution in [0.25, 0.3) is 0 Å². The summed E-state index contributed by atoms with van der Waals surface area (Å²) in [6, 6.07) is 0. The molecule has 0 radical (unpaired) electrons. The molecule has 0 unspecified atom stereocenters. The highest BCUT2D eigenvalue weighted by atomic mass is 16.4. The number of aliphatic hydroxyl groups excluding tert-OH is 2. The van der Waals surface area contributed by atoms with Crippen LogP contribution in [0.1, 0.15) is 58.3 Å². The number of hydrogen-bond donors (Lipinski definition) is 3. The zero-order valence-electron chi connectivity index (χ0n) is 14.7. The number of aliphatic hydroxyl groups is 2. The van der Waals surface area contributed by atoms with Gasteiger partial charge >= 0.3 is 5.97 Å². The van der Waals surface area contributed by atoms with Crippen molar-refractivity contribution in [2.75, 3.05) is 0 Å². The molecule has 0 aromatic rings. The summed E-state index contributed by atoms with van der Waals surface area (Å²) in [5.74, 6) is -0.842. The SMILES string of the molecule is CCCCC/C=C\C[C@H](O)/C=C/C=C\C=C\[C@H](O)CCCC(=O)O. The van der Waals surface area contributed by atoms with E-state index in [0.717, 1.165) is 6.42 Å². The van der Waals surface area contributed by atoms with Crippen molar-refractivity contribution in [2.24, 2.45) is 0 Å². The van der Waals surface area contributed by atoms with Gasteiger partial charge in [0.1, 0.15) is 0 Å². The van der Waals surface area contributed by atoms with Crippen molar-refractivity contribution in [2.45, 2.75) is 70.5 Å². The first kappa shape index (κ1) is 22.4. The second-order valence-corrected chi connectivity index (χ2v) is 5.78. The molecule has 0 aromatic heterocycles. The molecule has 0 rings (SSSR count). The number of allylic oxidation sites excluding steroid dienone is 5. The highest BCUT2D eigenvalue weighted by molar-refractivity contribution is 5.66. The maximum Gasteiger partial charge on any atom is 0.303 e. The lowest BCUT2D eigenvalue weighted by atomic mass is 10.1. The Morgan fingerprint density at radius 1 is 0.917 bits per heavy atom. The molecule has 4 heteroatoms. The van der Waals surface area contributed by atoms with Gasteiger partial charge in [-0.1, -0.05) is 68.4 Å². The minimum absolute atomic E-state index is 0.0778. The van der Waals surface area contributed by atoms with Crippen LogP contribution < -0.4 is 0 Å². The molecule has 0 fully saturated rings. The zero-order chi connectivity index (χ0) is 18.0. The predicted molar refractivity (Wildman–Crippen MR) is 98.8 cm³/mol. The van der Waals surface area contributed by atoms with E-state index in [4.69, 9.17) is 5.11 Å². The first-order chi connectivity index (χ1) is 11.6. The van der Waals surface area contributed by atoms with Gasteiger partial charge < -0.3 is 15.3 Å². The summed E-state index contributed by atoms with van der Waals surface area (Å²) < 4.78 is 0. The maximum atomic E-state index is 10.3. The Balaban J connectivity index is 3.81. The Labute approximate surface area is 145 Å². The molecule has 0 aliphatic heterocycles. The number of carboxylic acids is 1. The molecule has 0 saturated carbocycles. The van der Waals surface area contributed by atoms with Gasteiger partial charge in [0, 0.05) is 6.42 Å². The van der Waals surface area contributed by atoms with Gasteiger partial charge in [-0.05, 0) is 32.1 Å². The van der Waals surface area contributed by atoms with E-state index in [1.165, 1.54) is 19.3 Å². The molecule has 0 bridgehead atoms. The number of carbonyl (C=O) groups is 1. The van der Waals surface area contributed by atoms with Crippen LogP contribution in [0.15, 0.2) is 48.6 Å². The quantitative estimate of drug-likeness (QED) is 0.253. The number of carboxylic acid groups (broad SMARTS) is 1. The molecule has 0 spiro atoms. The van der Waals surface area contributed by atoms with Crippen LogP contribution in [0.4, 0.5) is 0 Å². The number of unbranched alkanes of at least 4 members (excludes halogenated alkanes) is 3. The van der Waals surface area contributed by atoms with E-state index >= 15 is 0 Å². The molecular formula is C20H32O4. The van der Waals surface area contributed by atoms with E-state index in [9.17, 15) is 15.0 Å². The summed E-state index contributed by atoms with van der Waals surface area (Å²) in [7, 11) is 0. The lowest BCUT2D eigenvalue weighted by Gasteiger charge is -2.02. The third kappa shape index (κ3) is 16.7. The van der Waals surface area contributed by atoms with Crippen LogP contribution in [-0.2, 0) is 4.79 Å². The fraction of sp³-hybridized carbons (Fsp3) is 0.550. The lowest BCUT2D eigenvalue weighted by Crippen LogP contribution is -2.03. The first-order valence-electron chi connectivity index (χ1n) is 8.80. The summed E-state index contributed by atoms with van der Waals surface area (Å²) in [5.41, 5.74) is 0. The van der Waals surface area contributed by atoms with Crippen LogP contribution in [0, 0.1) is 0 Å². The van der Waals surface area contributed by atoms with Gasteiger partial charge in [0.25, 0.3) is 0 Å². The summed E-state index contributed by atoms with van der Waals surface area (Å²) in [5, 5.41) is 27.9. The first-order valence-corrected chi connectivity index (χ1v) is 8.80. The van der Waals surface area contributed by atoms with Crippen molar-refractivity contribution in [3.63, 3.8) is 0 Å². The standard InChI is InChI=1S/C20H32O4/c1-2-3-4-5-6-9-13-18(21)14-10-7-8-11-15-19(22)16-12-17-20(23)24/h6-11,14-15,18-19,21-22H,2-5,12-13,16-17H2,1H3,(H,23,24)/b8-7-,9-6-,14-10+,15-11+/t18-,19-/m0/s1. The van der Waals surface area contributed by atoms with Crippen molar-refractivity contribution >= 4 is 5.97 Å². The molecule has 0 aliphatic carbocycles. The average Bonchev–Trinajstić information content (AvgIpc) is 2.53. The Kier molecular flexibility index (Phi) is 15.1. The third-order valence-electron chi connectivity index (χ3n) is 3.41. The Morgan fingerprint density at radius 3 is 2.21 bits per heavy atom. The smallest absolute Gasteiger partial charge is 0.303 e. The fourth-order valence-corrected chi connectivity index (χ4v) is 2.02. The monoisotopic (exact) mass is 336 g/mol. The molecule has 0 heterocycles. The molecule has 0 saturated heterocycles. The van der Waals surface area contributed by atoms with Gasteiger partial charge in [0.15, 0.2) is 0 Å². The van der Waals surface area contributed by atoms with Crippen LogP contribution in [0.5, 0.6) is 0 Å². The van der Waals surface area contributed by atoms with Crippen LogP contribution in [-0.4, -0.2) is 33.5 Å². The van der Waals surface area contributed by atoms with E-state index < -0.39 is 18.2 Å². The highest BCUT2D eigenvalue weighted by Crippen LogP contribution is 2.03. The molecule has 0 aliphatic rings. The van der Waals surface area contributed by atoms with Gasteiger partial charge in [-0.25, -0.2) is 0 Å². The molecule has 4 nitrogen and oxygen atoms in total. The van der Waals surface area contributed by atoms with Crippen molar-refractivity contribution < 1.29 is 20.1 Å². The molecule has 24 heavy (non-hydrogen) atoms. The van der Waals surface area contributed by atoms with Gasteiger partial charge in [-0.2, -0.15) is 0 Å². The minimum atomic E-state index is -0.842.